The van der Waals surface area contributed by atoms with Crippen molar-refractivity contribution >= 4 is 23.4 Å². The number of hydrogen-bond donors (Lipinski definition) is 1. The van der Waals surface area contributed by atoms with Crippen LogP contribution in [0.5, 0.6) is 0 Å². The molecular weight excluding hydrogens is 420 g/mol. The molecule has 0 saturated carbocycles. The summed E-state index contributed by atoms with van der Waals surface area (Å²) in [4.78, 5) is 27.6. The summed E-state index contributed by atoms with van der Waals surface area (Å²) in [5.74, 6) is -0.145. The van der Waals surface area contributed by atoms with E-state index in [-0.39, 0.29) is 17.2 Å². The molecule has 2 aromatic rings. The first-order valence-electron chi connectivity index (χ1n) is 11.5. The van der Waals surface area contributed by atoms with E-state index in [0.717, 1.165) is 24.0 Å². The number of nitrogens with one attached hydrogen (secondary N) is 1. The predicted molar refractivity (Wildman–Crippen MR) is 133 cm³/mol. The molecule has 32 heavy (non-hydrogen) atoms. The van der Waals surface area contributed by atoms with Crippen molar-refractivity contribution in [3.05, 3.63) is 70.2 Å². The Morgan fingerprint density at radius 2 is 1.59 bits per heavy atom. The Balaban J connectivity index is 2.09. The maximum absolute atomic E-state index is 13.2. The molecule has 0 aliphatic heterocycles. The van der Waals surface area contributed by atoms with Gasteiger partial charge in [0.25, 0.3) is 0 Å². The molecule has 1 atom stereocenters. The minimum atomic E-state index is -0.543. The van der Waals surface area contributed by atoms with Crippen LogP contribution in [0.2, 0.25) is 5.02 Å². The van der Waals surface area contributed by atoms with E-state index in [4.69, 9.17) is 11.6 Å². The van der Waals surface area contributed by atoms with Gasteiger partial charge < -0.3 is 10.2 Å². The van der Waals surface area contributed by atoms with Crippen LogP contribution < -0.4 is 5.32 Å². The molecule has 0 spiro atoms. The summed E-state index contributed by atoms with van der Waals surface area (Å²) in [5, 5.41) is 3.60. The van der Waals surface area contributed by atoms with Crippen LogP contribution in [0.3, 0.4) is 0 Å². The average Bonchev–Trinajstić information content (AvgIpc) is 2.76. The van der Waals surface area contributed by atoms with Gasteiger partial charge in [0.2, 0.25) is 11.8 Å². The number of aryl methyl sites for hydroxylation is 1. The van der Waals surface area contributed by atoms with Crippen molar-refractivity contribution in [2.45, 2.75) is 78.3 Å². The van der Waals surface area contributed by atoms with Gasteiger partial charge in [0.05, 0.1) is 0 Å². The summed E-state index contributed by atoms with van der Waals surface area (Å²) >= 11 is 6.01. The molecule has 5 heteroatoms. The molecule has 0 aliphatic carbocycles. The normalized spacial score (nSPS) is 12.3. The summed E-state index contributed by atoms with van der Waals surface area (Å²) < 4.78 is 0. The van der Waals surface area contributed by atoms with E-state index in [0.29, 0.717) is 31.0 Å². The predicted octanol–water partition coefficient (Wildman–Crippen LogP) is 5.90. The highest BCUT2D eigenvalue weighted by Crippen LogP contribution is 2.23. The van der Waals surface area contributed by atoms with Gasteiger partial charge in [-0.2, -0.15) is 0 Å². The molecule has 0 aliphatic rings. The summed E-state index contributed by atoms with van der Waals surface area (Å²) in [6.07, 6.45) is 2.93. The van der Waals surface area contributed by atoms with Crippen LogP contribution in [-0.4, -0.2) is 29.3 Å². The van der Waals surface area contributed by atoms with Crippen molar-refractivity contribution < 1.29 is 9.59 Å². The molecular formula is C27H37ClN2O2. The Labute approximate surface area is 198 Å². The highest BCUT2D eigenvalue weighted by molar-refractivity contribution is 6.30. The van der Waals surface area contributed by atoms with E-state index in [1.165, 1.54) is 5.56 Å². The fourth-order valence-corrected chi connectivity index (χ4v) is 3.60. The molecule has 2 aromatic carbocycles. The zero-order valence-corrected chi connectivity index (χ0v) is 20.8. The molecule has 1 N–H and O–H groups in total. The lowest BCUT2D eigenvalue weighted by molar-refractivity contribution is -0.140. The third kappa shape index (κ3) is 7.98. The van der Waals surface area contributed by atoms with Crippen LogP contribution in [0, 0.1) is 0 Å². The Morgan fingerprint density at radius 1 is 1.00 bits per heavy atom. The molecule has 0 saturated heterocycles. The number of carbonyl (C=O) groups is 2. The Kier molecular flexibility index (Phi) is 9.77. The SMILES string of the molecule is CCCCNC(=O)[C@@H](C)N(Cc1ccc(Cl)cc1)C(=O)CCc1ccc(C(C)(C)C)cc1. The lowest BCUT2D eigenvalue weighted by Gasteiger charge is -2.29. The van der Waals surface area contributed by atoms with Crippen molar-refractivity contribution in [2.75, 3.05) is 6.54 Å². The highest BCUT2D eigenvalue weighted by Gasteiger charge is 2.25. The second-order valence-corrected chi connectivity index (χ2v) is 9.85. The largest absolute Gasteiger partial charge is 0.354 e. The molecule has 2 amide bonds. The van der Waals surface area contributed by atoms with Gasteiger partial charge in [-0.25, -0.2) is 0 Å². The lowest BCUT2D eigenvalue weighted by atomic mass is 9.86. The van der Waals surface area contributed by atoms with E-state index in [1.807, 2.05) is 24.3 Å². The number of benzene rings is 2. The van der Waals surface area contributed by atoms with E-state index >= 15 is 0 Å². The Bertz CT molecular complexity index is 870. The second kappa shape index (κ2) is 12.1. The molecule has 0 radical (unpaired) electrons. The monoisotopic (exact) mass is 456 g/mol. The van der Waals surface area contributed by atoms with Crippen LogP contribution in [0.1, 0.15) is 70.6 Å². The second-order valence-electron chi connectivity index (χ2n) is 9.42. The van der Waals surface area contributed by atoms with E-state index in [9.17, 15) is 9.59 Å². The summed E-state index contributed by atoms with van der Waals surface area (Å²) in [6, 6.07) is 15.3. The molecule has 174 valence electrons. The Hall–Kier alpha value is -2.33. The van der Waals surface area contributed by atoms with Gasteiger partial charge in [-0.15, -0.1) is 0 Å². The fourth-order valence-electron chi connectivity index (χ4n) is 3.47. The van der Waals surface area contributed by atoms with E-state index in [1.54, 1.807) is 11.8 Å². The molecule has 0 aromatic heterocycles. The number of nitrogens with zero attached hydrogens (tertiary/aromatic N) is 1. The van der Waals surface area contributed by atoms with Gasteiger partial charge in [0.1, 0.15) is 6.04 Å². The minimum absolute atomic E-state index is 0.0296. The van der Waals surface area contributed by atoms with Crippen LogP contribution in [-0.2, 0) is 28.0 Å². The first-order valence-corrected chi connectivity index (χ1v) is 11.9. The lowest BCUT2D eigenvalue weighted by Crippen LogP contribution is -2.47. The third-order valence-corrected chi connectivity index (χ3v) is 5.96. The molecule has 0 bridgehead atoms. The summed E-state index contributed by atoms with van der Waals surface area (Å²) in [6.45, 7) is 11.4. The maximum atomic E-state index is 13.2. The molecule has 4 nitrogen and oxygen atoms in total. The summed E-state index contributed by atoms with van der Waals surface area (Å²) in [7, 11) is 0. The van der Waals surface area contributed by atoms with Crippen LogP contribution in [0.15, 0.2) is 48.5 Å². The van der Waals surface area contributed by atoms with Gasteiger partial charge in [-0.05, 0) is 54.0 Å². The van der Waals surface area contributed by atoms with Gasteiger partial charge in [0, 0.05) is 24.5 Å². The molecule has 0 unspecified atom stereocenters. The van der Waals surface area contributed by atoms with Crippen LogP contribution in [0.4, 0.5) is 0 Å². The number of carbonyl (C=O) groups excluding carboxylic acids is 2. The van der Waals surface area contributed by atoms with E-state index < -0.39 is 6.04 Å². The third-order valence-electron chi connectivity index (χ3n) is 5.71. The molecule has 0 fully saturated rings. The number of halogens is 1. The standard InChI is InChI=1S/C27H37ClN2O2/c1-6-7-18-29-26(32)20(2)30(19-22-10-15-24(28)16-11-22)25(31)17-12-21-8-13-23(14-9-21)27(3,4)5/h8-11,13-16,20H,6-7,12,17-19H2,1-5H3,(H,29,32)/t20-/m1/s1. The van der Waals surface area contributed by atoms with Crippen molar-refractivity contribution in [2.24, 2.45) is 0 Å². The first-order chi connectivity index (χ1) is 15.1. The quantitative estimate of drug-likeness (QED) is 0.452. The topological polar surface area (TPSA) is 49.4 Å². The van der Waals surface area contributed by atoms with Crippen LogP contribution in [0.25, 0.3) is 0 Å². The van der Waals surface area contributed by atoms with Gasteiger partial charge >= 0.3 is 0 Å². The molecule has 2 rings (SSSR count). The fraction of sp³-hybridized carbons (Fsp3) is 0.481. The smallest absolute Gasteiger partial charge is 0.242 e. The molecule has 0 heterocycles. The highest BCUT2D eigenvalue weighted by atomic mass is 35.5. The summed E-state index contributed by atoms with van der Waals surface area (Å²) in [5.41, 5.74) is 3.45. The van der Waals surface area contributed by atoms with Crippen molar-refractivity contribution in [1.29, 1.82) is 0 Å². The first kappa shape index (κ1) is 25.9. The van der Waals surface area contributed by atoms with Gasteiger partial charge in [0.15, 0.2) is 0 Å². The number of unbranched alkanes of at least 4 members (excludes halogenated alkanes) is 1. The number of hydrogen-bond acceptors (Lipinski definition) is 2. The van der Waals surface area contributed by atoms with Gasteiger partial charge in [-0.1, -0.05) is 82.1 Å². The Morgan fingerprint density at radius 3 is 2.16 bits per heavy atom. The average molecular weight is 457 g/mol. The number of rotatable bonds is 10. The zero-order chi connectivity index (χ0) is 23.7. The van der Waals surface area contributed by atoms with Crippen molar-refractivity contribution in [3.8, 4) is 0 Å². The van der Waals surface area contributed by atoms with Crippen LogP contribution >= 0.6 is 11.6 Å². The zero-order valence-electron chi connectivity index (χ0n) is 20.1. The van der Waals surface area contributed by atoms with Crippen molar-refractivity contribution in [3.63, 3.8) is 0 Å². The maximum Gasteiger partial charge on any atom is 0.242 e. The van der Waals surface area contributed by atoms with Gasteiger partial charge in [-0.3, -0.25) is 9.59 Å². The number of amides is 2. The minimum Gasteiger partial charge on any atom is -0.354 e. The van der Waals surface area contributed by atoms with E-state index in [2.05, 4.69) is 57.3 Å². The van der Waals surface area contributed by atoms with Crippen molar-refractivity contribution in [1.82, 2.24) is 10.2 Å².